The predicted octanol–water partition coefficient (Wildman–Crippen LogP) is 1.45. The highest BCUT2D eigenvalue weighted by Gasteiger charge is 2.17. The fraction of sp³-hybridized carbons (Fsp3) is 0.500. The number of fused-ring (bicyclic) bond motifs is 1. The Balaban J connectivity index is 1.50. The average molecular weight is 375 g/mol. The first-order valence-electron chi connectivity index (χ1n) is 8.57. The van der Waals surface area contributed by atoms with E-state index in [2.05, 4.69) is 46.8 Å². The second-order valence-electron chi connectivity index (χ2n) is 6.12. The van der Waals surface area contributed by atoms with Crippen LogP contribution in [0, 0.1) is 0 Å². The molecule has 0 bridgehead atoms. The van der Waals surface area contributed by atoms with Crippen LogP contribution in [0.15, 0.2) is 22.1 Å². The second-order valence-corrected chi connectivity index (χ2v) is 7.15. The van der Waals surface area contributed by atoms with Crippen LogP contribution in [0.5, 0.6) is 0 Å². The Hall–Kier alpha value is -2.30. The number of ether oxygens (including phenoxy) is 1. The molecule has 0 saturated carbocycles. The fourth-order valence-corrected chi connectivity index (χ4v) is 3.46. The summed E-state index contributed by atoms with van der Waals surface area (Å²) < 4.78 is 10.2. The molecule has 0 spiro atoms. The summed E-state index contributed by atoms with van der Waals surface area (Å²) in [5.41, 5.74) is 0.823. The third-order valence-electron chi connectivity index (χ3n) is 4.32. The van der Waals surface area contributed by atoms with Crippen molar-refractivity contribution in [3.05, 3.63) is 22.4 Å². The maximum Gasteiger partial charge on any atom is 0.245 e. The molecule has 0 aromatic carbocycles. The molecule has 0 atom stereocenters. The van der Waals surface area contributed by atoms with Gasteiger partial charge in [-0.1, -0.05) is 6.07 Å². The van der Waals surface area contributed by atoms with Crippen LogP contribution in [-0.2, 0) is 11.3 Å². The summed E-state index contributed by atoms with van der Waals surface area (Å²) in [5, 5.41) is 13.1. The van der Waals surface area contributed by atoms with Crippen molar-refractivity contribution in [3.63, 3.8) is 0 Å². The molecule has 0 amide bonds. The molecule has 0 aliphatic carbocycles. The minimum absolute atomic E-state index is 0.406. The molecular weight excluding hydrogens is 354 g/mol. The summed E-state index contributed by atoms with van der Waals surface area (Å²) >= 11 is 1.70. The van der Waals surface area contributed by atoms with Gasteiger partial charge >= 0.3 is 0 Å². The van der Waals surface area contributed by atoms with Crippen molar-refractivity contribution in [3.8, 4) is 0 Å². The van der Waals surface area contributed by atoms with Crippen LogP contribution in [0.25, 0.3) is 11.3 Å². The molecule has 1 N–H and O–H groups in total. The molecule has 3 aromatic rings. The number of hydrogen-bond acceptors (Lipinski definition) is 10. The molecular formula is C16H21N7O2S. The number of morpholine rings is 1. The van der Waals surface area contributed by atoms with Crippen molar-refractivity contribution in [2.75, 3.05) is 56.7 Å². The van der Waals surface area contributed by atoms with Crippen molar-refractivity contribution in [1.82, 2.24) is 25.2 Å². The van der Waals surface area contributed by atoms with Crippen LogP contribution >= 0.6 is 11.3 Å². The third kappa shape index (κ3) is 3.92. The monoisotopic (exact) mass is 375 g/mol. The van der Waals surface area contributed by atoms with Crippen molar-refractivity contribution in [2.24, 2.45) is 0 Å². The summed E-state index contributed by atoms with van der Waals surface area (Å²) in [4.78, 5) is 14.8. The van der Waals surface area contributed by atoms with E-state index in [1.807, 2.05) is 13.1 Å². The molecule has 138 valence electrons. The summed E-state index contributed by atoms with van der Waals surface area (Å²) in [6.45, 7) is 6.00. The van der Waals surface area contributed by atoms with Crippen LogP contribution in [0.3, 0.4) is 0 Å². The minimum Gasteiger partial charge on any atom is -0.379 e. The Bertz CT molecular complexity index is 832. The van der Waals surface area contributed by atoms with Gasteiger partial charge in [-0.05, 0) is 21.8 Å². The molecule has 1 aliphatic heterocycles. The zero-order valence-electron chi connectivity index (χ0n) is 14.6. The largest absolute Gasteiger partial charge is 0.379 e. The van der Waals surface area contributed by atoms with Crippen LogP contribution in [-0.4, -0.2) is 71.6 Å². The van der Waals surface area contributed by atoms with E-state index < -0.39 is 0 Å². The average Bonchev–Trinajstić information content (AvgIpc) is 3.35. The van der Waals surface area contributed by atoms with Crippen LogP contribution in [0.2, 0.25) is 0 Å². The number of hydrogen-bond donors (Lipinski definition) is 1. The molecule has 3 aromatic heterocycles. The highest BCUT2D eigenvalue weighted by molar-refractivity contribution is 7.09. The first kappa shape index (κ1) is 17.1. The van der Waals surface area contributed by atoms with E-state index >= 15 is 0 Å². The fourth-order valence-electron chi connectivity index (χ4n) is 2.82. The van der Waals surface area contributed by atoms with Gasteiger partial charge in [0.25, 0.3) is 0 Å². The van der Waals surface area contributed by atoms with Gasteiger partial charge in [-0.25, -0.2) is 14.6 Å². The second kappa shape index (κ2) is 7.94. The summed E-state index contributed by atoms with van der Waals surface area (Å²) in [6, 6.07) is 4.12. The van der Waals surface area contributed by atoms with Gasteiger partial charge in [0.1, 0.15) is 0 Å². The standard InChI is InChI=1S/C16H21N7O2S/c1-22(4-5-23-6-8-24-9-7-23)16-15(17-11-12-3-2-10-26-12)18-13-14(19-16)21-25-20-13/h2-3,10H,4-9,11H2,1H3,(H,17,18,20). The van der Waals surface area contributed by atoms with E-state index in [1.54, 1.807) is 11.3 Å². The van der Waals surface area contributed by atoms with Crippen molar-refractivity contribution < 1.29 is 9.37 Å². The quantitative estimate of drug-likeness (QED) is 0.658. The molecule has 1 fully saturated rings. The van der Waals surface area contributed by atoms with Crippen molar-refractivity contribution >= 4 is 34.3 Å². The lowest BCUT2D eigenvalue weighted by molar-refractivity contribution is 0.0393. The number of anilines is 2. The number of nitrogens with zero attached hydrogens (tertiary/aromatic N) is 6. The van der Waals surface area contributed by atoms with Gasteiger partial charge in [-0.2, -0.15) is 0 Å². The highest BCUT2D eigenvalue weighted by atomic mass is 32.1. The summed E-state index contributed by atoms with van der Waals surface area (Å²) in [5.74, 6) is 1.43. The number of aromatic nitrogens is 4. The van der Waals surface area contributed by atoms with Gasteiger partial charge in [0.15, 0.2) is 11.6 Å². The van der Waals surface area contributed by atoms with Crippen LogP contribution in [0.4, 0.5) is 11.6 Å². The van der Waals surface area contributed by atoms with Gasteiger partial charge in [-0.3, -0.25) is 4.90 Å². The topological polar surface area (TPSA) is 92.4 Å². The normalized spacial score (nSPS) is 15.4. The minimum atomic E-state index is 0.406. The van der Waals surface area contributed by atoms with Gasteiger partial charge < -0.3 is 15.0 Å². The Morgan fingerprint density at radius 1 is 1.23 bits per heavy atom. The molecule has 0 unspecified atom stereocenters. The van der Waals surface area contributed by atoms with Crippen LogP contribution < -0.4 is 10.2 Å². The first-order chi connectivity index (χ1) is 12.8. The summed E-state index contributed by atoms with van der Waals surface area (Å²) in [6.07, 6.45) is 0. The van der Waals surface area contributed by atoms with E-state index in [0.29, 0.717) is 23.7 Å². The molecule has 4 rings (SSSR count). The van der Waals surface area contributed by atoms with E-state index in [1.165, 1.54) is 4.88 Å². The highest BCUT2D eigenvalue weighted by Crippen LogP contribution is 2.24. The third-order valence-corrected chi connectivity index (χ3v) is 5.20. The SMILES string of the molecule is CN(CCN1CCOCC1)c1nc2nonc2nc1NCc1cccs1. The molecule has 9 nitrogen and oxygen atoms in total. The van der Waals surface area contributed by atoms with Gasteiger partial charge in [-0.15, -0.1) is 11.3 Å². The molecule has 1 aliphatic rings. The van der Waals surface area contributed by atoms with Gasteiger partial charge in [0.05, 0.1) is 19.8 Å². The predicted molar refractivity (Wildman–Crippen MR) is 99.6 cm³/mol. The number of likely N-dealkylation sites (N-methyl/N-ethyl adjacent to an activating group) is 1. The molecule has 10 heteroatoms. The smallest absolute Gasteiger partial charge is 0.245 e. The molecule has 0 radical (unpaired) electrons. The van der Waals surface area contributed by atoms with Crippen molar-refractivity contribution in [2.45, 2.75) is 6.54 Å². The zero-order chi connectivity index (χ0) is 17.8. The van der Waals surface area contributed by atoms with Gasteiger partial charge in [0.2, 0.25) is 11.3 Å². The van der Waals surface area contributed by atoms with Crippen LogP contribution in [0.1, 0.15) is 4.88 Å². The maximum atomic E-state index is 5.40. The Morgan fingerprint density at radius 3 is 2.81 bits per heavy atom. The molecule has 4 heterocycles. The number of rotatable bonds is 7. The Labute approximate surface area is 154 Å². The lowest BCUT2D eigenvalue weighted by atomic mass is 10.4. The Kier molecular flexibility index (Phi) is 5.23. The molecule has 1 saturated heterocycles. The first-order valence-corrected chi connectivity index (χ1v) is 9.45. The van der Waals surface area contributed by atoms with Crippen molar-refractivity contribution in [1.29, 1.82) is 0 Å². The van der Waals surface area contributed by atoms with E-state index in [0.717, 1.165) is 45.2 Å². The lowest BCUT2D eigenvalue weighted by Crippen LogP contribution is -2.41. The van der Waals surface area contributed by atoms with E-state index in [9.17, 15) is 0 Å². The van der Waals surface area contributed by atoms with E-state index in [-0.39, 0.29) is 0 Å². The lowest BCUT2D eigenvalue weighted by Gasteiger charge is -2.29. The maximum absolute atomic E-state index is 5.40. The number of thiophene rings is 1. The number of nitrogens with one attached hydrogen (secondary N) is 1. The zero-order valence-corrected chi connectivity index (χ0v) is 15.4. The van der Waals surface area contributed by atoms with Gasteiger partial charge in [0, 0.05) is 38.1 Å². The molecule has 26 heavy (non-hydrogen) atoms. The Morgan fingerprint density at radius 2 is 2.04 bits per heavy atom. The van der Waals surface area contributed by atoms with E-state index in [4.69, 9.17) is 9.37 Å². The summed E-state index contributed by atoms with van der Waals surface area (Å²) in [7, 11) is 2.01.